The molecule has 1 aliphatic rings. The number of hydrogen-bond acceptors (Lipinski definition) is 4. The summed E-state index contributed by atoms with van der Waals surface area (Å²) in [4.78, 5) is 11.8. The van der Waals surface area contributed by atoms with Crippen LogP contribution in [0.1, 0.15) is 33.3 Å². The predicted molar refractivity (Wildman–Crippen MR) is 90.7 cm³/mol. The van der Waals surface area contributed by atoms with Gasteiger partial charge in [-0.05, 0) is 45.4 Å². The number of methoxy groups -OCH3 is 1. The molecule has 0 bridgehead atoms. The van der Waals surface area contributed by atoms with E-state index in [0.717, 1.165) is 12.1 Å². The number of benzene rings is 1. The van der Waals surface area contributed by atoms with E-state index in [2.05, 4.69) is 5.32 Å². The maximum atomic E-state index is 14.5. The molecule has 25 heavy (non-hydrogen) atoms. The lowest BCUT2D eigenvalue weighted by atomic mass is 9.78. The van der Waals surface area contributed by atoms with Crippen LogP contribution in [0.5, 0.6) is 0 Å². The number of halogens is 2. The van der Waals surface area contributed by atoms with E-state index in [1.54, 1.807) is 0 Å². The first-order chi connectivity index (χ1) is 11.6. The second kappa shape index (κ2) is 7.39. The van der Waals surface area contributed by atoms with Gasteiger partial charge in [0.05, 0.1) is 24.2 Å². The Morgan fingerprint density at radius 1 is 1.16 bits per heavy atom. The Morgan fingerprint density at radius 2 is 1.76 bits per heavy atom. The lowest BCUT2D eigenvalue weighted by Crippen LogP contribution is -2.41. The molecule has 8 heteroatoms. The summed E-state index contributed by atoms with van der Waals surface area (Å²) in [6.07, 6.45) is -0.254. The number of nitrogens with one attached hydrogen (secondary N) is 1. The average molecular weight is 355 g/mol. The van der Waals surface area contributed by atoms with Gasteiger partial charge in [-0.25, -0.2) is 8.78 Å². The summed E-state index contributed by atoms with van der Waals surface area (Å²) >= 11 is 0. The average Bonchev–Trinajstić information content (AvgIpc) is 2.71. The molecule has 0 atom stereocenters. The molecule has 1 amide bonds. The lowest BCUT2D eigenvalue weighted by Gasteiger charge is -2.32. The Kier molecular flexibility index (Phi) is 5.86. The van der Waals surface area contributed by atoms with Crippen LogP contribution in [-0.4, -0.2) is 44.5 Å². The van der Waals surface area contributed by atoms with Crippen molar-refractivity contribution in [2.24, 2.45) is 0 Å². The molecule has 1 saturated heterocycles. The molecule has 1 N–H and O–H groups in total. The Balaban J connectivity index is 2.14. The summed E-state index contributed by atoms with van der Waals surface area (Å²) in [5.74, 6) is -1.74. The Bertz CT molecular complexity index is 636. The summed E-state index contributed by atoms with van der Waals surface area (Å²) in [6.45, 7) is 7.99. The van der Waals surface area contributed by atoms with Gasteiger partial charge in [0.2, 0.25) is 5.91 Å². The van der Waals surface area contributed by atoms with Crippen LogP contribution in [0.25, 0.3) is 0 Å². The molecule has 0 aliphatic carbocycles. The zero-order valence-electron chi connectivity index (χ0n) is 15.2. The van der Waals surface area contributed by atoms with Crippen molar-refractivity contribution in [2.75, 3.05) is 20.3 Å². The molecular formula is C17H24BF2NO4. The van der Waals surface area contributed by atoms with Crippen LogP contribution in [0.15, 0.2) is 12.1 Å². The summed E-state index contributed by atoms with van der Waals surface area (Å²) < 4.78 is 45.1. The highest BCUT2D eigenvalue weighted by Gasteiger charge is 2.52. The van der Waals surface area contributed by atoms with Crippen LogP contribution >= 0.6 is 0 Å². The zero-order valence-corrected chi connectivity index (χ0v) is 15.2. The van der Waals surface area contributed by atoms with Crippen molar-refractivity contribution >= 4 is 18.5 Å². The molecule has 1 aromatic carbocycles. The molecule has 138 valence electrons. The van der Waals surface area contributed by atoms with Gasteiger partial charge in [-0.2, -0.15) is 0 Å². The number of amides is 1. The van der Waals surface area contributed by atoms with Crippen molar-refractivity contribution in [1.29, 1.82) is 0 Å². The molecule has 0 aromatic heterocycles. The molecular weight excluding hydrogens is 331 g/mol. The number of carbonyl (C=O) groups is 1. The van der Waals surface area contributed by atoms with E-state index in [-0.39, 0.29) is 17.4 Å². The molecule has 0 radical (unpaired) electrons. The summed E-state index contributed by atoms with van der Waals surface area (Å²) in [7, 11) is 0.513. The molecule has 1 heterocycles. The molecule has 0 saturated carbocycles. The van der Waals surface area contributed by atoms with Crippen molar-refractivity contribution < 1.29 is 27.6 Å². The van der Waals surface area contributed by atoms with Crippen LogP contribution in [0, 0.1) is 11.6 Å². The SMILES string of the molecule is COCCNC(=O)Cc1cc(F)c(B2OC(C)(C)C(C)(C)O2)cc1F. The van der Waals surface area contributed by atoms with Gasteiger partial charge in [0.15, 0.2) is 0 Å². The third-order valence-electron chi connectivity index (χ3n) is 4.65. The minimum atomic E-state index is -0.996. The Labute approximate surface area is 147 Å². The third-order valence-corrected chi connectivity index (χ3v) is 4.65. The van der Waals surface area contributed by atoms with Crippen molar-refractivity contribution in [3.05, 3.63) is 29.3 Å². The van der Waals surface area contributed by atoms with Crippen LogP contribution in [-0.2, 0) is 25.3 Å². The second-order valence-electron chi connectivity index (χ2n) is 7.07. The zero-order chi connectivity index (χ0) is 18.8. The first-order valence-electron chi connectivity index (χ1n) is 8.16. The molecule has 2 rings (SSSR count). The summed E-state index contributed by atoms with van der Waals surface area (Å²) in [5, 5.41) is 2.57. The number of hydrogen-bond donors (Lipinski definition) is 1. The molecule has 0 unspecified atom stereocenters. The van der Waals surface area contributed by atoms with E-state index in [4.69, 9.17) is 14.0 Å². The van der Waals surface area contributed by atoms with E-state index in [9.17, 15) is 13.6 Å². The molecule has 0 spiro atoms. The highest BCUT2D eigenvalue weighted by molar-refractivity contribution is 6.62. The van der Waals surface area contributed by atoms with Gasteiger partial charge in [-0.3, -0.25) is 4.79 Å². The van der Waals surface area contributed by atoms with Crippen LogP contribution in [0.4, 0.5) is 8.78 Å². The molecule has 1 aromatic rings. The van der Waals surface area contributed by atoms with E-state index < -0.39 is 35.9 Å². The maximum absolute atomic E-state index is 14.5. The summed E-state index contributed by atoms with van der Waals surface area (Å²) in [6, 6.07) is 2.06. The van der Waals surface area contributed by atoms with Gasteiger partial charge < -0.3 is 19.4 Å². The van der Waals surface area contributed by atoms with Crippen molar-refractivity contribution in [1.82, 2.24) is 5.32 Å². The lowest BCUT2D eigenvalue weighted by molar-refractivity contribution is -0.120. The quantitative estimate of drug-likeness (QED) is 0.622. The van der Waals surface area contributed by atoms with Crippen molar-refractivity contribution in [3.63, 3.8) is 0 Å². The Morgan fingerprint density at radius 3 is 2.32 bits per heavy atom. The van der Waals surface area contributed by atoms with Crippen molar-refractivity contribution in [3.8, 4) is 0 Å². The molecule has 1 fully saturated rings. The van der Waals surface area contributed by atoms with Crippen LogP contribution in [0.2, 0.25) is 0 Å². The molecule has 5 nitrogen and oxygen atoms in total. The minimum Gasteiger partial charge on any atom is -0.399 e. The third kappa shape index (κ3) is 4.37. The van der Waals surface area contributed by atoms with Gasteiger partial charge in [0, 0.05) is 19.1 Å². The smallest absolute Gasteiger partial charge is 0.399 e. The van der Waals surface area contributed by atoms with E-state index in [1.165, 1.54) is 7.11 Å². The van der Waals surface area contributed by atoms with Gasteiger partial charge >= 0.3 is 7.12 Å². The fraction of sp³-hybridized carbons (Fsp3) is 0.588. The van der Waals surface area contributed by atoms with Gasteiger partial charge in [0.25, 0.3) is 0 Å². The summed E-state index contributed by atoms with van der Waals surface area (Å²) in [5.41, 5.74) is -1.34. The topological polar surface area (TPSA) is 56.8 Å². The first kappa shape index (κ1) is 19.8. The van der Waals surface area contributed by atoms with E-state index in [0.29, 0.717) is 13.2 Å². The van der Waals surface area contributed by atoms with Crippen molar-refractivity contribution in [2.45, 2.75) is 45.3 Å². The highest BCUT2D eigenvalue weighted by Crippen LogP contribution is 2.36. The monoisotopic (exact) mass is 355 g/mol. The standard InChI is InChI=1S/C17H24BF2NO4/c1-16(2)17(3,4)25-18(24-16)12-10-13(19)11(8-14(12)20)9-15(22)21-6-7-23-5/h8,10H,6-7,9H2,1-5H3,(H,21,22). The van der Waals surface area contributed by atoms with Gasteiger partial charge in [-0.1, -0.05) is 0 Å². The number of rotatable bonds is 6. The van der Waals surface area contributed by atoms with Crippen LogP contribution < -0.4 is 10.8 Å². The fourth-order valence-electron chi connectivity index (χ4n) is 2.42. The molecule has 1 aliphatic heterocycles. The largest absolute Gasteiger partial charge is 0.497 e. The van der Waals surface area contributed by atoms with Gasteiger partial charge in [0.1, 0.15) is 11.6 Å². The first-order valence-corrected chi connectivity index (χ1v) is 8.16. The minimum absolute atomic E-state index is 0.0142. The number of ether oxygens (including phenoxy) is 1. The van der Waals surface area contributed by atoms with Gasteiger partial charge in [-0.15, -0.1) is 0 Å². The van der Waals surface area contributed by atoms with Crippen LogP contribution in [0.3, 0.4) is 0 Å². The maximum Gasteiger partial charge on any atom is 0.497 e. The highest BCUT2D eigenvalue weighted by atomic mass is 19.1. The van der Waals surface area contributed by atoms with E-state index in [1.807, 2.05) is 27.7 Å². The Hall–Kier alpha value is -1.51. The fourth-order valence-corrected chi connectivity index (χ4v) is 2.42. The predicted octanol–water partition coefficient (Wildman–Crippen LogP) is 1.57. The second-order valence-corrected chi connectivity index (χ2v) is 7.07. The van der Waals surface area contributed by atoms with E-state index >= 15 is 0 Å². The number of carbonyl (C=O) groups excluding carboxylic acids is 1. The normalized spacial score (nSPS) is 18.4.